The Morgan fingerprint density at radius 2 is 1.86 bits per heavy atom. The molecule has 2 aliphatic heterocycles. The van der Waals surface area contributed by atoms with Gasteiger partial charge in [-0.3, -0.25) is 4.79 Å². The molecule has 2 saturated heterocycles. The van der Waals surface area contributed by atoms with Crippen LogP contribution in [0, 0.1) is 0 Å². The third-order valence-corrected chi connectivity index (χ3v) is 6.26. The highest BCUT2D eigenvalue weighted by Crippen LogP contribution is 2.34. The van der Waals surface area contributed by atoms with Gasteiger partial charge in [-0.25, -0.2) is 0 Å². The third-order valence-electron chi connectivity index (χ3n) is 6.26. The van der Waals surface area contributed by atoms with Crippen LogP contribution in [0.5, 0.6) is 5.75 Å². The molecule has 148 valence electrons. The van der Waals surface area contributed by atoms with E-state index in [0.29, 0.717) is 18.4 Å². The standard InChI is InChI=1S/C24H30N2O2/c1-28-20-13-11-18(12-14-20)16-23(27)26-15-7-3-6-10-22-24(26)21(17-25-22)19-8-4-2-5-9-19/h2,4-5,8-9,11-14,21-22,24-25H,3,6-7,10,15-17H2,1H3/t21-,22+,24-/m0/s1. The molecule has 4 nitrogen and oxygen atoms in total. The van der Waals surface area contributed by atoms with Gasteiger partial charge in [-0.1, -0.05) is 55.3 Å². The van der Waals surface area contributed by atoms with Gasteiger partial charge < -0.3 is 15.0 Å². The minimum absolute atomic E-state index is 0.242. The molecule has 2 heterocycles. The molecule has 0 unspecified atom stereocenters. The fourth-order valence-corrected chi connectivity index (χ4v) is 4.81. The molecule has 3 atom stereocenters. The SMILES string of the molecule is COc1ccc(CC(=O)N2CCCCC[C@H]3NC[C@@H](c4ccccc4)[C@@H]32)cc1. The van der Waals surface area contributed by atoms with Crippen LogP contribution in [0.3, 0.4) is 0 Å². The number of nitrogens with one attached hydrogen (secondary N) is 1. The third kappa shape index (κ3) is 4.07. The maximum absolute atomic E-state index is 13.4. The maximum atomic E-state index is 13.4. The Kier molecular flexibility index (Phi) is 5.96. The number of nitrogens with zero attached hydrogens (tertiary/aromatic N) is 1. The molecule has 4 rings (SSSR count). The summed E-state index contributed by atoms with van der Waals surface area (Å²) in [4.78, 5) is 15.6. The van der Waals surface area contributed by atoms with Gasteiger partial charge in [0, 0.05) is 25.0 Å². The van der Waals surface area contributed by atoms with Crippen LogP contribution in [-0.2, 0) is 11.2 Å². The molecule has 2 aromatic carbocycles. The van der Waals surface area contributed by atoms with Crippen LogP contribution < -0.4 is 10.1 Å². The van der Waals surface area contributed by atoms with Gasteiger partial charge in [-0.2, -0.15) is 0 Å². The molecule has 1 amide bonds. The monoisotopic (exact) mass is 378 g/mol. The van der Waals surface area contributed by atoms with Gasteiger partial charge in [0.2, 0.25) is 5.91 Å². The second-order valence-electron chi connectivity index (χ2n) is 7.98. The quantitative estimate of drug-likeness (QED) is 0.881. The predicted molar refractivity (Wildman–Crippen MR) is 112 cm³/mol. The van der Waals surface area contributed by atoms with Crippen molar-refractivity contribution in [1.82, 2.24) is 10.2 Å². The summed E-state index contributed by atoms with van der Waals surface area (Å²) in [7, 11) is 1.66. The first-order chi connectivity index (χ1) is 13.8. The maximum Gasteiger partial charge on any atom is 0.227 e. The van der Waals surface area contributed by atoms with Crippen LogP contribution in [0.25, 0.3) is 0 Å². The van der Waals surface area contributed by atoms with E-state index < -0.39 is 0 Å². The van der Waals surface area contributed by atoms with Crippen LogP contribution in [0.15, 0.2) is 54.6 Å². The minimum Gasteiger partial charge on any atom is -0.497 e. The zero-order valence-electron chi connectivity index (χ0n) is 16.6. The summed E-state index contributed by atoms with van der Waals surface area (Å²) >= 11 is 0. The number of carbonyl (C=O) groups is 1. The number of hydrogen-bond acceptors (Lipinski definition) is 3. The summed E-state index contributed by atoms with van der Waals surface area (Å²) in [6.07, 6.45) is 5.15. The second-order valence-corrected chi connectivity index (χ2v) is 7.98. The Labute approximate surface area is 167 Å². The van der Waals surface area contributed by atoms with Gasteiger partial charge >= 0.3 is 0 Å². The lowest BCUT2D eigenvalue weighted by Gasteiger charge is -2.38. The van der Waals surface area contributed by atoms with Crippen molar-refractivity contribution in [2.45, 2.75) is 50.1 Å². The number of carbonyl (C=O) groups excluding carboxylic acids is 1. The van der Waals surface area contributed by atoms with Crippen molar-refractivity contribution in [3.63, 3.8) is 0 Å². The lowest BCUT2D eigenvalue weighted by molar-refractivity contribution is -0.133. The van der Waals surface area contributed by atoms with Gasteiger partial charge in [0.05, 0.1) is 19.6 Å². The second kappa shape index (κ2) is 8.78. The first-order valence-corrected chi connectivity index (χ1v) is 10.5. The number of ether oxygens (including phenoxy) is 1. The van der Waals surface area contributed by atoms with E-state index in [9.17, 15) is 4.79 Å². The Bertz CT molecular complexity index is 775. The first-order valence-electron chi connectivity index (χ1n) is 10.5. The van der Waals surface area contributed by atoms with E-state index in [1.54, 1.807) is 7.11 Å². The number of amides is 1. The average molecular weight is 379 g/mol. The fraction of sp³-hybridized carbons (Fsp3) is 0.458. The van der Waals surface area contributed by atoms with Crippen molar-refractivity contribution < 1.29 is 9.53 Å². The summed E-state index contributed by atoms with van der Waals surface area (Å²) in [6, 6.07) is 19.2. The van der Waals surface area contributed by atoms with Crippen LogP contribution in [0.1, 0.15) is 42.7 Å². The zero-order valence-corrected chi connectivity index (χ0v) is 16.6. The van der Waals surface area contributed by atoms with Gasteiger partial charge in [0.25, 0.3) is 0 Å². The van der Waals surface area contributed by atoms with Crippen LogP contribution in [0.4, 0.5) is 0 Å². The number of hydrogen-bond donors (Lipinski definition) is 1. The molecule has 4 heteroatoms. The Morgan fingerprint density at radius 3 is 2.61 bits per heavy atom. The van der Waals surface area contributed by atoms with E-state index in [-0.39, 0.29) is 11.9 Å². The van der Waals surface area contributed by atoms with Gasteiger partial charge in [-0.15, -0.1) is 0 Å². The Morgan fingerprint density at radius 1 is 1.07 bits per heavy atom. The first kappa shape index (κ1) is 19.0. The Hall–Kier alpha value is -2.33. The molecule has 0 spiro atoms. The van der Waals surface area contributed by atoms with Crippen molar-refractivity contribution in [3.8, 4) is 5.75 Å². The molecule has 2 aromatic rings. The average Bonchev–Trinajstić information content (AvgIpc) is 3.12. The van der Waals surface area contributed by atoms with Gasteiger partial charge in [0.15, 0.2) is 0 Å². The number of likely N-dealkylation sites (tertiary alicyclic amines) is 1. The number of benzene rings is 2. The largest absolute Gasteiger partial charge is 0.497 e. The van der Waals surface area contributed by atoms with Crippen LogP contribution >= 0.6 is 0 Å². The highest BCUT2D eigenvalue weighted by molar-refractivity contribution is 5.79. The lowest BCUT2D eigenvalue weighted by Crippen LogP contribution is -2.50. The van der Waals surface area contributed by atoms with E-state index >= 15 is 0 Å². The van der Waals surface area contributed by atoms with Crippen molar-refractivity contribution in [3.05, 3.63) is 65.7 Å². The number of fused-ring (bicyclic) bond motifs is 1. The van der Waals surface area contributed by atoms with E-state index in [1.807, 2.05) is 24.3 Å². The zero-order chi connectivity index (χ0) is 19.3. The van der Waals surface area contributed by atoms with E-state index in [0.717, 1.165) is 37.2 Å². The molecule has 0 radical (unpaired) electrons. The van der Waals surface area contributed by atoms with E-state index in [4.69, 9.17) is 4.74 Å². The van der Waals surface area contributed by atoms with Gasteiger partial charge in [-0.05, 0) is 36.1 Å². The lowest BCUT2D eigenvalue weighted by atomic mass is 9.86. The fourth-order valence-electron chi connectivity index (χ4n) is 4.81. The van der Waals surface area contributed by atoms with Crippen molar-refractivity contribution in [2.24, 2.45) is 0 Å². The molecule has 1 N–H and O–H groups in total. The van der Waals surface area contributed by atoms with Crippen LogP contribution in [-0.4, -0.2) is 43.1 Å². The highest BCUT2D eigenvalue weighted by atomic mass is 16.5. The topological polar surface area (TPSA) is 41.6 Å². The summed E-state index contributed by atoms with van der Waals surface area (Å²) < 4.78 is 5.24. The number of methoxy groups -OCH3 is 1. The minimum atomic E-state index is 0.242. The van der Waals surface area contributed by atoms with Gasteiger partial charge in [0.1, 0.15) is 5.75 Å². The van der Waals surface area contributed by atoms with E-state index in [2.05, 4.69) is 40.5 Å². The smallest absolute Gasteiger partial charge is 0.227 e. The molecule has 0 bridgehead atoms. The molecule has 28 heavy (non-hydrogen) atoms. The van der Waals surface area contributed by atoms with E-state index in [1.165, 1.54) is 18.4 Å². The molecule has 0 aromatic heterocycles. The molecular weight excluding hydrogens is 348 g/mol. The number of rotatable bonds is 4. The summed E-state index contributed by atoms with van der Waals surface area (Å²) in [5.41, 5.74) is 2.39. The Balaban J connectivity index is 1.57. The molecule has 0 saturated carbocycles. The normalized spacial score (nSPS) is 24.9. The molecular formula is C24H30N2O2. The molecule has 2 aliphatic rings. The highest BCUT2D eigenvalue weighted by Gasteiger charge is 2.42. The molecule has 2 fully saturated rings. The van der Waals surface area contributed by atoms with Crippen molar-refractivity contribution in [1.29, 1.82) is 0 Å². The van der Waals surface area contributed by atoms with Crippen LogP contribution in [0.2, 0.25) is 0 Å². The predicted octanol–water partition coefficient (Wildman–Crippen LogP) is 3.76. The van der Waals surface area contributed by atoms with Crippen molar-refractivity contribution >= 4 is 5.91 Å². The van der Waals surface area contributed by atoms with Crippen molar-refractivity contribution in [2.75, 3.05) is 20.2 Å². The summed E-state index contributed by atoms with van der Waals surface area (Å²) in [5, 5.41) is 3.73. The molecule has 0 aliphatic carbocycles. The summed E-state index contributed by atoms with van der Waals surface area (Å²) in [6.45, 7) is 1.81. The summed E-state index contributed by atoms with van der Waals surface area (Å²) in [5.74, 6) is 1.43.